The van der Waals surface area contributed by atoms with Gasteiger partial charge in [0.2, 0.25) is 0 Å². The summed E-state index contributed by atoms with van der Waals surface area (Å²) < 4.78 is 11.6. The Morgan fingerprint density at radius 2 is 2.05 bits per heavy atom. The first-order chi connectivity index (χ1) is 10.2. The van der Waals surface area contributed by atoms with E-state index in [1.807, 2.05) is 24.3 Å². The quantitative estimate of drug-likeness (QED) is 0.650. The smallest absolute Gasteiger partial charge is 0.142 e. The van der Waals surface area contributed by atoms with Gasteiger partial charge in [0.15, 0.2) is 0 Å². The SMILES string of the molecule is Clc1cc(Cl)c(OCC2COc3ccccc32)c(CBr)c1. The van der Waals surface area contributed by atoms with E-state index < -0.39 is 0 Å². The van der Waals surface area contributed by atoms with Gasteiger partial charge in [0.05, 0.1) is 24.2 Å². The molecule has 5 heteroatoms. The monoisotopic (exact) mass is 386 g/mol. The average molecular weight is 388 g/mol. The zero-order chi connectivity index (χ0) is 14.8. The molecule has 0 bridgehead atoms. The second-order valence-corrected chi connectivity index (χ2v) is 6.27. The molecule has 0 spiro atoms. The highest BCUT2D eigenvalue weighted by Crippen LogP contribution is 2.37. The van der Waals surface area contributed by atoms with E-state index in [-0.39, 0.29) is 5.92 Å². The van der Waals surface area contributed by atoms with Gasteiger partial charge in [-0.3, -0.25) is 0 Å². The second kappa shape index (κ2) is 6.47. The highest BCUT2D eigenvalue weighted by atomic mass is 79.9. The number of para-hydroxylation sites is 1. The second-order valence-electron chi connectivity index (χ2n) is 4.87. The van der Waals surface area contributed by atoms with E-state index in [1.54, 1.807) is 6.07 Å². The van der Waals surface area contributed by atoms with Crippen molar-refractivity contribution in [1.29, 1.82) is 0 Å². The van der Waals surface area contributed by atoms with E-state index in [2.05, 4.69) is 22.0 Å². The summed E-state index contributed by atoms with van der Waals surface area (Å²) in [6.45, 7) is 1.16. The fourth-order valence-corrected chi connectivity index (χ4v) is 3.43. The molecule has 0 radical (unpaired) electrons. The summed E-state index contributed by atoms with van der Waals surface area (Å²) in [6.07, 6.45) is 0. The average Bonchev–Trinajstić information content (AvgIpc) is 2.89. The van der Waals surface area contributed by atoms with Crippen molar-refractivity contribution in [3.8, 4) is 11.5 Å². The summed E-state index contributed by atoms with van der Waals surface area (Å²) in [5.41, 5.74) is 2.13. The van der Waals surface area contributed by atoms with Crippen molar-refractivity contribution in [1.82, 2.24) is 0 Å². The van der Waals surface area contributed by atoms with Crippen molar-refractivity contribution in [3.05, 3.63) is 57.6 Å². The van der Waals surface area contributed by atoms with Crippen LogP contribution in [0.15, 0.2) is 36.4 Å². The van der Waals surface area contributed by atoms with Crippen LogP contribution in [0.3, 0.4) is 0 Å². The van der Waals surface area contributed by atoms with Crippen molar-refractivity contribution < 1.29 is 9.47 Å². The highest BCUT2D eigenvalue weighted by molar-refractivity contribution is 9.08. The number of fused-ring (bicyclic) bond motifs is 1. The third-order valence-corrected chi connectivity index (χ3v) is 4.56. The van der Waals surface area contributed by atoms with Crippen molar-refractivity contribution in [2.24, 2.45) is 0 Å². The standard InChI is InChI=1S/C16H13BrCl2O2/c17-7-10-5-12(18)6-14(19)16(10)21-9-11-8-20-15-4-2-1-3-13(11)15/h1-6,11H,7-9H2. The Labute approximate surface area is 142 Å². The van der Waals surface area contributed by atoms with Crippen LogP contribution in [-0.2, 0) is 5.33 Å². The van der Waals surface area contributed by atoms with Crippen molar-refractivity contribution in [3.63, 3.8) is 0 Å². The Hall–Kier alpha value is -0.900. The first-order valence-corrected chi connectivity index (χ1v) is 8.45. The van der Waals surface area contributed by atoms with Crippen LogP contribution in [0.1, 0.15) is 17.0 Å². The van der Waals surface area contributed by atoms with E-state index in [0.717, 1.165) is 11.3 Å². The van der Waals surface area contributed by atoms with Crippen LogP contribution >= 0.6 is 39.1 Å². The largest absolute Gasteiger partial charge is 0.493 e. The fraction of sp³-hybridized carbons (Fsp3) is 0.250. The molecule has 0 aromatic heterocycles. The molecule has 1 unspecified atom stereocenters. The van der Waals surface area contributed by atoms with Gasteiger partial charge < -0.3 is 9.47 Å². The molecule has 1 atom stereocenters. The van der Waals surface area contributed by atoms with E-state index in [0.29, 0.717) is 34.3 Å². The van der Waals surface area contributed by atoms with E-state index in [4.69, 9.17) is 32.7 Å². The molecule has 1 heterocycles. The maximum Gasteiger partial charge on any atom is 0.142 e. The molecule has 0 saturated heterocycles. The van der Waals surface area contributed by atoms with E-state index >= 15 is 0 Å². The predicted molar refractivity (Wildman–Crippen MR) is 89.3 cm³/mol. The van der Waals surface area contributed by atoms with Crippen LogP contribution in [0.5, 0.6) is 11.5 Å². The number of hydrogen-bond acceptors (Lipinski definition) is 2. The Bertz CT molecular complexity index is 661. The summed E-state index contributed by atoms with van der Waals surface area (Å²) in [6, 6.07) is 11.6. The zero-order valence-corrected chi connectivity index (χ0v) is 14.2. The zero-order valence-electron chi connectivity index (χ0n) is 11.1. The summed E-state index contributed by atoms with van der Waals surface area (Å²) in [5.74, 6) is 1.84. The fourth-order valence-electron chi connectivity index (χ4n) is 2.43. The van der Waals surface area contributed by atoms with Crippen LogP contribution in [0.25, 0.3) is 0 Å². The highest BCUT2D eigenvalue weighted by Gasteiger charge is 2.24. The number of benzene rings is 2. The molecule has 2 nitrogen and oxygen atoms in total. The van der Waals surface area contributed by atoms with Crippen molar-refractivity contribution >= 4 is 39.1 Å². The van der Waals surface area contributed by atoms with Gasteiger partial charge in [-0.2, -0.15) is 0 Å². The van der Waals surface area contributed by atoms with Gasteiger partial charge in [-0.05, 0) is 18.2 Å². The number of alkyl halides is 1. The molecule has 0 N–H and O–H groups in total. The van der Waals surface area contributed by atoms with Crippen LogP contribution in [0.4, 0.5) is 0 Å². The lowest BCUT2D eigenvalue weighted by molar-refractivity contribution is 0.247. The summed E-state index contributed by atoms with van der Waals surface area (Å²) in [7, 11) is 0. The summed E-state index contributed by atoms with van der Waals surface area (Å²) >= 11 is 15.7. The first-order valence-electron chi connectivity index (χ1n) is 6.57. The molecule has 21 heavy (non-hydrogen) atoms. The molecule has 0 aliphatic carbocycles. The van der Waals surface area contributed by atoms with E-state index in [9.17, 15) is 0 Å². The minimum atomic E-state index is 0.219. The molecule has 0 saturated carbocycles. The normalized spacial score (nSPS) is 16.4. The Balaban J connectivity index is 1.78. The molecule has 0 fully saturated rings. The molecular weight excluding hydrogens is 375 g/mol. The maximum absolute atomic E-state index is 6.24. The van der Waals surface area contributed by atoms with Crippen LogP contribution in [-0.4, -0.2) is 13.2 Å². The molecule has 3 rings (SSSR count). The third-order valence-electron chi connectivity index (χ3n) is 3.46. The van der Waals surface area contributed by atoms with Gasteiger partial charge in [0, 0.05) is 21.5 Å². The Morgan fingerprint density at radius 3 is 2.86 bits per heavy atom. The van der Waals surface area contributed by atoms with Gasteiger partial charge in [-0.1, -0.05) is 57.3 Å². The minimum absolute atomic E-state index is 0.219. The van der Waals surface area contributed by atoms with Gasteiger partial charge in [-0.15, -0.1) is 0 Å². The number of rotatable bonds is 4. The Kier molecular flexibility index (Phi) is 4.63. The van der Waals surface area contributed by atoms with Gasteiger partial charge in [0.25, 0.3) is 0 Å². The van der Waals surface area contributed by atoms with Crippen LogP contribution < -0.4 is 9.47 Å². The lowest BCUT2D eigenvalue weighted by atomic mass is 10.0. The van der Waals surface area contributed by atoms with Crippen LogP contribution in [0, 0.1) is 0 Å². The molecule has 1 aliphatic heterocycles. The molecular formula is C16H13BrCl2O2. The summed E-state index contributed by atoms with van der Waals surface area (Å²) in [4.78, 5) is 0. The predicted octanol–water partition coefficient (Wildman–Crippen LogP) is 5.44. The number of hydrogen-bond donors (Lipinski definition) is 0. The molecule has 110 valence electrons. The van der Waals surface area contributed by atoms with Crippen molar-refractivity contribution in [2.45, 2.75) is 11.2 Å². The first kappa shape index (κ1) is 15.0. The third kappa shape index (κ3) is 3.15. The molecule has 0 amide bonds. The van der Waals surface area contributed by atoms with E-state index in [1.165, 1.54) is 5.56 Å². The number of ether oxygens (including phenoxy) is 2. The van der Waals surface area contributed by atoms with Gasteiger partial charge in [0.1, 0.15) is 11.5 Å². The Morgan fingerprint density at radius 1 is 1.24 bits per heavy atom. The van der Waals surface area contributed by atoms with Crippen LogP contribution in [0.2, 0.25) is 10.0 Å². The minimum Gasteiger partial charge on any atom is -0.493 e. The lowest BCUT2D eigenvalue weighted by Crippen LogP contribution is -2.12. The maximum atomic E-state index is 6.24. The molecule has 2 aromatic rings. The van der Waals surface area contributed by atoms with Crippen molar-refractivity contribution in [2.75, 3.05) is 13.2 Å². The molecule has 1 aliphatic rings. The topological polar surface area (TPSA) is 18.5 Å². The molecule has 2 aromatic carbocycles. The summed E-state index contributed by atoms with van der Waals surface area (Å²) in [5, 5.41) is 1.78. The lowest BCUT2D eigenvalue weighted by Gasteiger charge is -2.15. The number of halogens is 3. The van der Waals surface area contributed by atoms with Gasteiger partial charge in [-0.25, -0.2) is 0 Å². The van der Waals surface area contributed by atoms with Gasteiger partial charge >= 0.3 is 0 Å².